The van der Waals surface area contributed by atoms with Crippen LogP contribution in [0.2, 0.25) is 0 Å². The first-order valence-corrected chi connectivity index (χ1v) is 7.81. The molecule has 0 fully saturated rings. The highest BCUT2D eigenvalue weighted by molar-refractivity contribution is 7.90. The third-order valence-electron chi connectivity index (χ3n) is 2.09. The number of carbonyl (C=O) groups is 1. The molecule has 0 spiro atoms. The van der Waals surface area contributed by atoms with Crippen LogP contribution in [0.3, 0.4) is 0 Å². The van der Waals surface area contributed by atoms with Crippen molar-refractivity contribution in [3.8, 4) is 5.75 Å². The Morgan fingerprint density at radius 1 is 1.50 bits per heavy atom. The van der Waals surface area contributed by atoms with Crippen LogP contribution in [0.1, 0.15) is 9.67 Å². The van der Waals surface area contributed by atoms with Crippen molar-refractivity contribution in [2.45, 2.75) is 0 Å². The van der Waals surface area contributed by atoms with Crippen molar-refractivity contribution < 1.29 is 17.9 Å². The number of hydrogen-bond donors (Lipinski definition) is 3. The molecule has 0 aliphatic carbocycles. The van der Waals surface area contributed by atoms with E-state index >= 15 is 0 Å². The summed E-state index contributed by atoms with van der Waals surface area (Å²) in [7, 11) is -1.65. The second-order valence-electron chi connectivity index (χ2n) is 3.63. The number of nitrogens with two attached hydrogens (primary N) is 2. The van der Waals surface area contributed by atoms with Crippen LogP contribution in [0.4, 0.5) is 10.7 Å². The normalized spacial score (nSPS) is 11.2. The quantitative estimate of drug-likeness (QED) is 0.672. The number of primary amides is 1. The van der Waals surface area contributed by atoms with E-state index in [4.69, 9.17) is 16.2 Å². The summed E-state index contributed by atoms with van der Waals surface area (Å²) in [5, 5.41) is 3.36. The van der Waals surface area contributed by atoms with Crippen molar-refractivity contribution in [1.29, 1.82) is 0 Å². The summed E-state index contributed by atoms with van der Waals surface area (Å²) >= 11 is 1.04. The number of nitrogens with one attached hydrogen (secondary N) is 1. The van der Waals surface area contributed by atoms with Gasteiger partial charge in [0.05, 0.1) is 12.9 Å². The zero-order valence-electron chi connectivity index (χ0n) is 10.0. The predicted octanol–water partition coefficient (Wildman–Crippen LogP) is -0.106. The number of methoxy groups -OCH3 is 1. The second-order valence-corrected chi connectivity index (χ2v) is 6.91. The lowest BCUT2D eigenvalue weighted by Crippen LogP contribution is -2.13. The van der Waals surface area contributed by atoms with Crippen molar-refractivity contribution in [3.05, 3.63) is 4.88 Å². The number of carbonyl (C=O) groups excluding carboxylic acids is 1. The average molecular weight is 293 g/mol. The first-order valence-electron chi connectivity index (χ1n) is 4.94. The summed E-state index contributed by atoms with van der Waals surface area (Å²) in [6, 6.07) is 0. The van der Waals surface area contributed by atoms with Crippen LogP contribution in [-0.2, 0) is 9.84 Å². The number of anilines is 2. The first kappa shape index (κ1) is 14.6. The van der Waals surface area contributed by atoms with Gasteiger partial charge in [-0.1, -0.05) is 0 Å². The number of rotatable bonds is 6. The van der Waals surface area contributed by atoms with Crippen molar-refractivity contribution in [2.75, 3.05) is 36.7 Å². The Morgan fingerprint density at radius 3 is 2.56 bits per heavy atom. The van der Waals surface area contributed by atoms with E-state index < -0.39 is 15.7 Å². The van der Waals surface area contributed by atoms with Crippen LogP contribution in [0.15, 0.2) is 0 Å². The monoisotopic (exact) mass is 293 g/mol. The Bertz CT molecular complexity index is 550. The molecule has 0 aromatic carbocycles. The molecule has 9 heteroatoms. The number of hydrogen-bond acceptors (Lipinski definition) is 7. The fourth-order valence-corrected chi connectivity index (χ4v) is 2.72. The highest BCUT2D eigenvalue weighted by atomic mass is 32.2. The molecule has 5 N–H and O–H groups in total. The third-order valence-corrected chi connectivity index (χ3v) is 4.19. The van der Waals surface area contributed by atoms with E-state index in [0.29, 0.717) is 10.8 Å². The zero-order valence-corrected chi connectivity index (χ0v) is 11.7. The van der Waals surface area contributed by atoms with Gasteiger partial charge in [0, 0.05) is 12.8 Å². The largest absolute Gasteiger partial charge is 0.492 e. The molecule has 1 heterocycles. The van der Waals surface area contributed by atoms with Gasteiger partial charge in [-0.25, -0.2) is 8.42 Å². The van der Waals surface area contributed by atoms with Gasteiger partial charge in [-0.2, -0.15) is 0 Å². The molecule has 1 aromatic heterocycles. The van der Waals surface area contributed by atoms with E-state index in [0.717, 1.165) is 17.6 Å². The molecule has 0 atom stereocenters. The predicted molar refractivity (Wildman–Crippen MR) is 72.0 cm³/mol. The van der Waals surface area contributed by atoms with Crippen LogP contribution >= 0.6 is 11.3 Å². The molecule has 1 amide bonds. The SMILES string of the molecule is COc1c(NCCS(C)(=O)=O)sc(C(N)=O)c1N. The summed E-state index contributed by atoms with van der Waals surface area (Å²) in [4.78, 5) is 11.3. The van der Waals surface area contributed by atoms with Crippen LogP contribution in [0.5, 0.6) is 5.75 Å². The van der Waals surface area contributed by atoms with Crippen molar-refractivity contribution >= 4 is 37.8 Å². The van der Waals surface area contributed by atoms with Crippen molar-refractivity contribution in [1.82, 2.24) is 0 Å². The van der Waals surface area contributed by atoms with Gasteiger partial charge >= 0.3 is 0 Å². The highest BCUT2D eigenvalue weighted by Gasteiger charge is 2.20. The van der Waals surface area contributed by atoms with Gasteiger partial charge in [0.25, 0.3) is 5.91 Å². The second kappa shape index (κ2) is 5.44. The zero-order chi connectivity index (χ0) is 13.9. The number of nitrogen functional groups attached to an aromatic ring is 1. The smallest absolute Gasteiger partial charge is 0.261 e. The Hall–Kier alpha value is -1.48. The molecule has 1 rings (SSSR count). The summed E-state index contributed by atoms with van der Waals surface area (Å²) in [6.07, 6.45) is 1.14. The van der Waals surface area contributed by atoms with E-state index in [1.165, 1.54) is 7.11 Å². The summed E-state index contributed by atoms with van der Waals surface area (Å²) in [5.74, 6) is -0.367. The van der Waals surface area contributed by atoms with Gasteiger partial charge in [0.15, 0.2) is 5.75 Å². The minimum absolute atomic E-state index is 0.0279. The molecule has 0 saturated carbocycles. The summed E-state index contributed by atoms with van der Waals surface area (Å²) in [5.41, 5.74) is 11.0. The molecule has 102 valence electrons. The number of thiophene rings is 1. The van der Waals surface area contributed by atoms with E-state index in [2.05, 4.69) is 5.32 Å². The number of sulfone groups is 1. The van der Waals surface area contributed by atoms with Gasteiger partial charge in [-0.05, 0) is 0 Å². The maximum atomic E-state index is 11.1. The molecule has 7 nitrogen and oxygen atoms in total. The molecule has 0 saturated heterocycles. The standard InChI is InChI=1S/C9H15N3O4S2/c1-16-6-5(10)7(8(11)13)17-9(6)12-3-4-18(2,14)15/h12H,3-4,10H2,1-2H3,(H2,11,13). The number of ether oxygens (including phenoxy) is 1. The van der Waals surface area contributed by atoms with Crippen LogP contribution in [-0.4, -0.2) is 40.0 Å². The van der Waals surface area contributed by atoms with Gasteiger partial charge in [0.1, 0.15) is 25.4 Å². The highest BCUT2D eigenvalue weighted by Crippen LogP contribution is 2.41. The molecule has 18 heavy (non-hydrogen) atoms. The molecule has 0 unspecified atom stereocenters. The minimum atomic E-state index is -3.06. The van der Waals surface area contributed by atoms with Crippen LogP contribution in [0, 0.1) is 0 Å². The van der Waals surface area contributed by atoms with Crippen LogP contribution in [0.25, 0.3) is 0 Å². The molecule has 0 bridgehead atoms. The Morgan fingerprint density at radius 2 is 2.11 bits per heavy atom. The fraction of sp³-hybridized carbons (Fsp3) is 0.444. The molecule has 1 aromatic rings. The fourth-order valence-electron chi connectivity index (χ4n) is 1.28. The third kappa shape index (κ3) is 3.50. The Labute approximate surface area is 109 Å². The average Bonchev–Trinajstić information content (AvgIpc) is 2.53. The van der Waals surface area contributed by atoms with Gasteiger partial charge < -0.3 is 21.5 Å². The minimum Gasteiger partial charge on any atom is -0.492 e. The van der Waals surface area contributed by atoms with Gasteiger partial charge in [-0.3, -0.25) is 4.79 Å². The Kier molecular flexibility index (Phi) is 4.41. The molecule has 0 radical (unpaired) electrons. The van der Waals surface area contributed by atoms with Crippen LogP contribution < -0.4 is 21.5 Å². The lowest BCUT2D eigenvalue weighted by Gasteiger charge is -2.05. The van der Waals surface area contributed by atoms with Gasteiger partial charge in [0.2, 0.25) is 0 Å². The van der Waals surface area contributed by atoms with E-state index in [-0.39, 0.29) is 22.9 Å². The summed E-state index contributed by atoms with van der Waals surface area (Å²) in [6.45, 7) is 0.202. The lowest BCUT2D eigenvalue weighted by atomic mass is 10.3. The molecule has 0 aliphatic heterocycles. The van der Waals surface area contributed by atoms with Crippen molar-refractivity contribution in [2.24, 2.45) is 5.73 Å². The summed E-state index contributed by atoms with van der Waals surface area (Å²) < 4.78 is 27.0. The molecule has 0 aliphatic rings. The molecular formula is C9H15N3O4S2. The van der Waals surface area contributed by atoms with E-state index in [1.807, 2.05) is 0 Å². The molecular weight excluding hydrogens is 278 g/mol. The lowest BCUT2D eigenvalue weighted by molar-refractivity contribution is 0.100. The van der Waals surface area contributed by atoms with E-state index in [9.17, 15) is 13.2 Å². The van der Waals surface area contributed by atoms with E-state index in [1.54, 1.807) is 0 Å². The Balaban J connectivity index is 2.89. The van der Waals surface area contributed by atoms with Crippen molar-refractivity contribution in [3.63, 3.8) is 0 Å². The maximum absolute atomic E-state index is 11.1. The first-order chi connectivity index (χ1) is 8.26. The maximum Gasteiger partial charge on any atom is 0.261 e. The topological polar surface area (TPSA) is 125 Å². The number of amides is 1. The van der Waals surface area contributed by atoms with Gasteiger partial charge in [-0.15, -0.1) is 11.3 Å².